The molecular weight excluding hydrogens is 350 g/mol. The summed E-state index contributed by atoms with van der Waals surface area (Å²) < 4.78 is 11.3. The lowest BCUT2D eigenvalue weighted by atomic mass is 10.0. The second-order valence-electron chi connectivity index (χ2n) is 6.97. The van der Waals surface area contributed by atoms with Crippen LogP contribution >= 0.6 is 0 Å². The molecule has 0 fully saturated rings. The highest BCUT2D eigenvalue weighted by Gasteiger charge is 2.43. The first-order valence-electron chi connectivity index (χ1n) is 8.47. The first kappa shape index (κ1) is 17.1. The molecule has 2 aliphatic heterocycles. The summed E-state index contributed by atoms with van der Waals surface area (Å²) in [6.45, 7) is 3.54. The fourth-order valence-corrected chi connectivity index (χ4v) is 3.40. The monoisotopic (exact) mass is 367 g/mol. The maximum absolute atomic E-state index is 12.6. The molecule has 7 nitrogen and oxygen atoms in total. The first-order valence-corrected chi connectivity index (χ1v) is 8.47. The summed E-state index contributed by atoms with van der Waals surface area (Å²) in [6, 6.07) is 10.1. The van der Waals surface area contributed by atoms with E-state index < -0.39 is 29.6 Å². The number of fused-ring (bicyclic) bond motifs is 2. The van der Waals surface area contributed by atoms with E-state index in [-0.39, 0.29) is 17.5 Å². The molecule has 0 saturated heterocycles. The van der Waals surface area contributed by atoms with Crippen molar-refractivity contribution in [2.75, 3.05) is 0 Å². The molecule has 4 rings (SSSR count). The maximum Gasteiger partial charge on any atom is 0.327 e. The Balaban J connectivity index is 1.64. The average Bonchev–Trinajstić information content (AvgIpc) is 3.05. The number of carbonyl (C=O) groups excluding carboxylic acids is 2. The summed E-state index contributed by atoms with van der Waals surface area (Å²) in [5.41, 5.74) is 1.07. The van der Waals surface area contributed by atoms with Crippen LogP contribution in [0.4, 0.5) is 0 Å². The van der Waals surface area contributed by atoms with Crippen LogP contribution in [0.3, 0.4) is 0 Å². The molecule has 1 N–H and O–H groups in total. The van der Waals surface area contributed by atoms with Gasteiger partial charge in [-0.2, -0.15) is 0 Å². The average molecular weight is 367 g/mol. The summed E-state index contributed by atoms with van der Waals surface area (Å²) >= 11 is 0. The van der Waals surface area contributed by atoms with Gasteiger partial charge in [0.05, 0.1) is 11.1 Å². The highest BCUT2D eigenvalue weighted by Crippen LogP contribution is 2.40. The van der Waals surface area contributed by atoms with Gasteiger partial charge in [0.2, 0.25) is 5.79 Å². The van der Waals surface area contributed by atoms with Gasteiger partial charge in [-0.3, -0.25) is 14.5 Å². The number of aliphatic carboxylic acids is 1. The second kappa shape index (κ2) is 5.84. The largest absolute Gasteiger partial charge is 0.480 e. The van der Waals surface area contributed by atoms with Crippen molar-refractivity contribution in [2.24, 2.45) is 0 Å². The standard InChI is InChI=1S/C20H17NO6/c1-20(2)26-15-8-7-11(10-16(15)27-20)9-14(19(24)25)21-17(22)12-5-3-4-6-13(12)18(21)23/h3-8,10,14H,9H2,1-2H3,(H,24,25)/t14-/m0/s1. The zero-order valence-electron chi connectivity index (χ0n) is 14.8. The minimum absolute atomic E-state index is 0.0299. The van der Waals surface area contributed by atoms with Gasteiger partial charge in [-0.25, -0.2) is 4.79 Å². The number of carboxylic acids is 1. The third kappa shape index (κ3) is 2.81. The van der Waals surface area contributed by atoms with E-state index in [0.29, 0.717) is 17.1 Å². The Kier molecular flexibility index (Phi) is 3.69. The molecule has 1 atom stereocenters. The van der Waals surface area contributed by atoms with Crippen molar-refractivity contribution >= 4 is 17.8 Å². The molecule has 2 heterocycles. The molecule has 27 heavy (non-hydrogen) atoms. The summed E-state index contributed by atoms with van der Waals surface area (Å²) in [6.07, 6.45) is -0.0299. The van der Waals surface area contributed by atoms with Crippen LogP contribution in [0.2, 0.25) is 0 Å². The summed E-state index contributed by atoms with van der Waals surface area (Å²) in [5.74, 6) is -2.16. The van der Waals surface area contributed by atoms with Crippen molar-refractivity contribution < 1.29 is 29.0 Å². The SMILES string of the molecule is CC1(C)Oc2ccc(C[C@@H](C(=O)O)N3C(=O)c4ccccc4C3=O)cc2O1. The highest BCUT2D eigenvalue weighted by atomic mass is 16.7. The van der Waals surface area contributed by atoms with E-state index in [2.05, 4.69) is 0 Å². The van der Waals surface area contributed by atoms with E-state index in [0.717, 1.165) is 4.90 Å². The van der Waals surface area contributed by atoms with Crippen LogP contribution in [-0.2, 0) is 11.2 Å². The zero-order valence-corrected chi connectivity index (χ0v) is 14.8. The second-order valence-corrected chi connectivity index (χ2v) is 6.97. The number of hydrogen-bond donors (Lipinski definition) is 1. The zero-order chi connectivity index (χ0) is 19.3. The minimum atomic E-state index is -1.31. The lowest BCUT2D eigenvalue weighted by Crippen LogP contribution is -2.46. The molecule has 0 spiro atoms. The number of carboxylic acid groups (broad SMARTS) is 1. The topological polar surface area (TPSA) is 93.1 Å². The molecule has 0 aliphatic carbocycles. The van der Waals surface area contributed by atoms with Crippen LogP contribution < -0.4 is 9.47 Å². The van der Waals surface area contributed by atoms with E-state index in [9.17, 15) is 19.5 Å². The van der Waals surface area contributed by atoms with E-state index in [1.165, 1.54) is 12.1 Å². The van der Waals surface area contributed by atoms with E-state index >= 15 is 0 Å². The molecule has 0 saturated carbocycles. The van der Waals surface area contributed by atoms with Crippen LogP contribution in [0.15, 0.2) is 42.5 Å². The van der Waals surface area contributed by atoms with Crippen molar-refractivity contribution in [3.63, 3.8) is 0 Å². The summed E-state index contributed by atoms with van der Waals surface area (Å²) in [5, 5.41) is 9.68. The Hall–Kier alpha value is -3.35. The lowest BCUT2D eigenvalue weighted by Gasteiger charge is -2.22. The van der Waals surface area contributed by atoms with E-state index in [1.807, 2.05) is 0 Å². The molecule has 2 amide bonds. The quantitative estimate of drug-likeness (QED) is 0.835. The van der Waals surface area contributed by atoms with Crippen molar-refractivity contribution in [3.05, 3.63) is 59.2 Å². The van der Waals surface area contributed by atoms with Crippen molar-refractivity contribution in [3.8, 4) is 11.5 Å². The Bertz CT molecular complexity index is 945. The van der Waals surface area contributed by atoms with Crippen molar-refractivity contribution in [1.29, 1.82) is 0 Å². The van der Waals surface area contributed by atoms with Gasteiger partial charge in [-0.15, -0.1) is 0 Å². The van der Waals surface area contributed by atoms with Crippen LogP contribution in [0.25, 0.3) is 0 Å². The van der Waals surface area contributed by atoms with Gasteiger partial charge < -0.3 is 14.6 Å². The van der Waals surface area contributed by atoms with Gasteiger partial charge in [-0.05, 0) is 29.8 Å². The van der Waals surface area contributed by atoms with Crippen molar-refractivity contribution in [1.82, 2.24) is 4.90 Å². The smallest absolute Gasteiger partial charge is 0.327 e. The van der Waals surface area contributed by atoms with Gasteiger partial charge in [0.25, 0.3) is 11.8 Å². The highest BCUT2D eigenvalue weighted by molar-refractivity contribution is 6.22. The molecule has 0 unspecified atom stereocenters. The Labute approximate surface area is 155 Å². The van der Waals surface area contributed by atoms with Gasteiger partial charge >= 0.3 is 5.97 Å². The number of hydrogen-bond acceptors (Lipinski definition) is 5. The molecule has 0 radical (unpaired) electrons. The molecule has 0 aromatic heterocycles. The number of imide groups is 1. The minimum Gasteiger partial charge on any atom is -0.480 e. The summed E-state index contributed by atoms with van der Waals surface area (Å²) in [4.78, 5) is 37.9. The van der Waals surface area contributed by atoms with Crippen LogP contribution in [0.1, 0.15) is 40.1 Å². The van der Waals surface area contributed by atoms with Gasteiger partial charge in [0.15, 0.2) is 11.5 Å². The van der Waals surface area contributed by atoms with Crippen molar-refractivity contribution in [2.45, 2.75) is 32.1 Å². The van der Waals surface area contributed by atoms with Gasteiger partial charge in [-0.1, -0.05) is 18.2 Å². The van der Waals surface area contributed by atoms with Crippen LogP contribution in [0.5, 0.6) is 11.5 Å². The molecule has 0 bridgehead atoms. The number of ether oxygens (including phenoxy) is 2. The Morgan fingerprint density at radius 2 is 1.63 bits per heavy atom. The lowest BCUT2D eigenvalue weighted by molar-refractivity contribution is -0.141. The molecule has 2 aromatic carbocycles. The fourth-order valence-electron chi connectivity index (χ4n) is 3.40. The predicted octanol–water partition coefficient (Wildman–Crippen LogP) is 2.49. The van der Waals surface area contributed by atoms with Crippen LogP contribution in [-0.4, -0.2) is 39.6 Å². The number of benzene rings is 2. The molecule has 2 aromatic rings. The number of carbonyl (C=O) groups is 3. The Morgan fingerprint density at radius 3 is 2.22 bits per heavy atom. The van der Waals surface area contributed by atoms with Gasteiger partial charge in [0.1, 0.15) is 6.04 Å². The molecule has 138 valence electrons. The van der Waals surface area contributed by atoms with Gasteiger partial charge in [0, 0.05) is 20.3 Å². The van der Waals surface area contributed by atoms with E-state index in [1.54, 1.807) is 44.2 Å². The summed E-state index contributed by atoms with van der Waals surface area (Å²) in [7, 11) is 0. The third-order valence-corrected chi connectivity index (χ3v) is 4.57. The Morgan fingerprint density at radius 1 is 1.04 bits per heavy atom. The number of rotatable bonds is 4. The predicted molar refractivity (Wildman–Crippen MR) is 93.8 cm³/mol. The molecule has 2 aliphatic rings. The third-order valence-electron chi connectivity index (χ3n) is 4.57. The molecular formula is C20H17NO6. The van der Waals surface area contributed by atoms with E-state index in [4.69, 9.17) is 9.47 Å². The normalized spacial score (nSPS) is 17.8. The number of amides is 2. The molecule has 7 heteroatoms. The maximum atomic E-state index is 12.6. The number of nitrogens with zero attached hydrogens (tertiary/aromatic N) is 1. The van der Waals surface area contributed by atoms with Crippen LogP contribution in [0, 0.1) is 0 Å². The fraction of sp³-hybridized carbons (Fsp3) is 0.250. The first-order chi connectivity index (χ1) is 12.8.